The summed E-state index contributed by atoms with van der Waals surface area (Å²) in [6, 6.07) is 2.93. The number of benzene rings is 1. The second-order valence-electron chi connectivity index (χ2n) is 3.17. The van der Waals surface area contributed by atoms with Crippen LogP contribution in [0.25, 0.3) is 11.0 Å². The van der Waals surface area contributed by atoms with E-state index in [1.54, 1.807) is 6.92 Å². The first-order chi connectivity index (χ1) is 7.13. The van der Waals surface area contributed by atoms with Gasteiger partial charge in [-0.15, -0.1) is 0 Å². The summed E-state index contributed by atoms with van der Waals surface area (Å²) in [4.78, 5) is 18.4. The van der Waals surface area contributed by atoms with E-state index in [0.29, 0.717) is 22.4 Å². The molecule has 0 aliphatic carbocycles. The van der Waals surface area contributed by atoms with Crippen LogP contribution in [-0.4, -0.2) is 28.2 Å². The first kappa shape index (κ1) is 9.51. The molecule has 0 amide bonds. The molecule has 1 aromatic carbocycles. The monoisotopic (exact) mass is 206 g/mol. The van der Waals surface area contributed by atoms with E-state index in [4.69, 9.17) is 0 Å². The standard InChI is InChI=1S/C10H10N2O3/c1-5-11-8-6(10(14)15-2)3-4-7(13)9(8)12-5/h3-4,13H,1-2H3,(H,11,12). The first-order valence-electron chi connectivity index (χ1n) is 4.40. The third-order valence-electron chi connectivity index (χ3n) is 2.15. The molecule has 0 saturated heterocycles. The zero-order valence-corrected chi connectivity index (χ0v) is 8.37. The number of H-pyrrole nitrogens is 1. The van der Waals surface area contributed by atoms with Crippen LogP contribution in [0.4, 0.5) is 0 Å². The molecule has 5 nitrogen and oxygen atoms in total. The number of nitrogens with one attached hydrogen (secondary N) is 1. The molecule has 15 heavy (non-hydrogen) atoms. The maximum absolute atomic E-state index is 11.4. The van der Waals surface area contributed by atoms with Crippen LogP contribution < -0.4 is 0 Å². The van der Waals surface area contributed by atoms with Crippen LogP contribution in [0.15, 0.2) is 12.1 Å². The Balaban J connectivity index is 2.76. The van der Waals surface area contributed by atoms with Gasteiger partial charge in [-0.3, -0.25) is 0 Å². The molecule has 5 heteroatoms. The summed E-state index contributed by atoms with van der Waals surface area (Å²) in [6.07, 6.45) is 0. The fourth-order valence-corrected chi connectivity index (χ4v) is 1.47. The molecule has 0 atom stereocenters. The van der Waals surface area contributed by atoms with Gasteiger partial charge in [0.2, 0.25) is 0 Å². The average molecular weight is 206 g/mol. The van der Waals surface area contributed by atoms with Crippen LogP contribution in [0.5, 0.6) is 5.75 Å². The number of hydrogen-bond donors (Lipinski definition) is 2. The molecule has 2 rings (SSSR count). The number of nitrogens with zero attached hydrogens (tertiary/aromatic N) is 1. The predicted molar refractivity (Wildman–Crippen MR) is 53.8 cm³/mol. The van der Waals surface area contributed by atoms with Gasteiger partial charge in [-0.1, -0.05) is 0 Å². The number of ether oxygens (including phenoxy) is 1. The Bertz CT molecular complexity index is 531. The Labute approximate surface area is 85.7 Å². The van der Waals surface area contributed by atoms with Crippen LogP contribution in [0.3, 0.4) is 0 Å². The van der Waals surface area contributed by atoms with Gasteiger partial charge in [0.1, 0.15) is 22.6 Å². The van der Waals surface area contributed by atoms with E-state index >= 15 is 0 Å². The summed E-state index contributed by atoms with van der Waals surface area (Å²) in [5, 5.41) is 9.54. The predicted octanol–water partition coefficient (Wildman–Crippen LogP) is 1.36. The number of rotatable bonds is 1. The van der Waals surface area contributed by atoms with Crippen LogP contribution in [0.2, 0.25) is 0 Å². The number of aromatic nitrogens is 2. The molecular weight excluding hydrogens is 196 g/mol. The van der Waals surface area contributed by atoms with Gasteiger partial charge in [0, 0.05) is 0 Å². The zero-order chi connectivity index (χ0) is 11.0. The van der Waals surface area contributed by atoms with Gasteiger partial charge in [-0.25, -0.2) is 9.78 Å². The van der Waals surface area contributed by atoms with E-state index in [0.717, 1.165) is 0 Å². The second-order valence-corrected chi connectivity index (χ2v) is 3.17. The number of esters is 1. The van der Waals surface area contributed by atoms with Crippen molar-refractivity contribution in [1.82, 2.24) is 9.97 Å². The average Bonchev–Trinajstić information content (AvgIpc) is 2.60. The fourth-order valence-electron chi connectivity index (χ4n) is 1.47. The van der Waals surface area contributed by atoms with Crippen LogP contribution in [0.1, 0.15) is 16.2 Å². The number of phenolic OH excluding ortho intramolecular Hbond substituents is 1. The molecule has 0 bridgehead atoms. The largest absolute Gasteiger partial charge is 0.506 e. The molecule has 0 saturated carbocycles. The molecule has 0 radical (unpaired) electrons. The normalized spacial score (nSPS) is 10.5. The Kier molecular flexibility index (Phi) is 2.07. The Morgan fingerprint density at radius 1 is 1.53 bits per heavy atom. The van der Waals surface area contributed by atoms with Gasteiger partial charge in [0.15, 0.2) is 0 Å². The van der Waals surface area contributed by atoms with Crippen molar-refractivity contribution >= 4 is 17.0 Å². The summed E-state index contributed by atoms with van der Waals surface area (Å²) in [5.41, 5.74) is 1.23. The molecule has 0 fully saturated rings. The van der Waals surface area contributed by atoms with E-state index in [9.17, 15) is 9.90 Å². The minimum Gasteiger partial charge on any atom is -0.506 e. The molecule has 2 aromatic rings. The van der Waals surface area contributed by atoms with Crippen LogP contribution in [0, 0.1) is 6.92 Å². The molecule has 1 heterocycles. The Morgan fingerprint density at radius 2 is 2.27 bits per heavy atom. The smallest absolute Gasteiger partial charge is 0.340 e. The summed E-state index contributed by atoms with van der Waals surface area (Å²) in [6.45, 7) is 1.75. The van der Waals surface area contributed by atoms with E-state index in [1.807, 2.05) is 0 Å². The fraction of sp³-hybridized carbons (Fsp3) is 0.200. The van der Waals surface area contributed by atoms with Crippen molar-refractivity contribution in [2.24, 2.45) is 0 Å². The van der Waals surface area contributed by atoms with Crippen molar-refractivity contribution in [3.63, 3.8) is 0 Å². The lowest BCUT2D eigenvalue weighted by Gasteiger charge is -2.00. The van der Waals surface area contributed by atoms with Crippen molar-refractivity contribution in [3.05, 3.63) is 23.5 Å². The highest BCUT2D eigenvalue weighted by Crippen LogP contribution is 2.25. The van der Waals surface area contributed by atoms with E-state index in [1.165, 1.54) is 19.2 Å². The summed E-state index contributed by atoms with van der Waals surface area (Å²) < 4.78 is 4.62. The number of phenols is 1. The van der Waals surface area contributed by atoms with Gasteiger partial charge in [-0.2, -0.15) is 0 Å². The molecule has 0 unspecified atom stereocenters. The molecule has 2 N–H and O–H groups in total. The number of aromatic hydroxyl groups is 1. The van der Waals surface area contributed by atoms with Gasteiger partial charge < -0.3 is 14.8 Å². The molecule has 0 aliphatic heterocycles. The lowest BCUT2D eigenvalue weighted by Crippen LogP contribution is -2.01. The van der Waals surface area contributed by atoms with Crippen LogP contribution >= 0.6 is 0 Å². The highest BCUT2D eigenvalue weighted by molar-refractivity contribution is 6.03. The zero-order valence-electron chi connectivity index (χ0n) is 8.37. The van der Waals surface area contributed by atoms with Gasteiger partial charge >= 0.3 is 5.97 Å². The van der Waals surface area contributed by atoms with Gasteiger partial charge in [0.25, 0.3) is 0 Å². The summed E-state index contributed by atoms with van der Waals surface area (Å²) in [5.74, 6) is 0.237. The number of methoxy groups -OCH3 is 1. The SMILES string of the molecule is COC(=O)c1ccc(O)c2[nH]c(C)nc12. The quantitative estimate of drug-likeness (QED) is 0.691. The van der Waals surface area contributed by atoms with Crippen molar-refractivity contribution in [2.75, 3.05) is 7.11 Å². The Morgan fingerprint density at radius 3 is 2.93 bits per heavy atom. The van der Waals surface area contributed by atoms with Gasteiger partial charge in [0.05, 0.1) is 12.7 Å². The Hall–Kier alpha value is -2.04. The maximum Gasteiger partial charge on any atom is 0.340 e. The second kappa shape index (κ2) is 3.27. The number of aromatic amines is 1. The van der Waals surface area contributed by atoms with Crippen molar-refractivity contribution in [2.45, 2.75) is 6.92 Å². The highest BCUT2D eigenvalue weighted by Gasteiger charge is 2.15. The van der Waals surface area contributed by atoms with Crippen molar-refractivity contribution < 1.29 is 14.6 Å². The van der Waals surface area contributed by atoms with E-state index < -0.39 is 5.97 Å². The lowest BCUT2D eigenvalue weighted by molar-refractivity contribution is 0.0603. The molecule has 0 aliphatic rings. The van der Waals surface area contributed by atoms with Crippen molar-refractivity contribution in [1.29, 1.82) is 0 Å². The van der Waals surface area contributed by atoms with E-state index in [2.05, 4.69) is 14.7 Å². The number of carbonyl (C=O) groups is 1. The first-order valence-corrected chi connectivity index (χ1v) is 4.40. The van der Waals surface area contributed by atoms with Crippen LogP contribution in [-0.2, 0) is 4.74 Å². The van der Waals surface area contributed by atoms with E-state index in [-0.39, 0.29) is 5.75 Å². The third-order valence-corrected chi connectivity index (χ3v) is 2.15. The number of carbonyl (C=O) groups excluding carboxylic acids is 1. The number of fused-ring (bicyclic) bond motifs is 1. The van der Waals surface area contributed by atoms with Crippen molar-refractivity contribution in [3.8, 4) is 5.75 Å². The molecule has 78 valence electrons. The highest BCUT2D eigenvalue weighted by atomic mass is 16.5. The number of imidazole rings is 1. The number of hydrogen-bond acceptors (Lipinski definition) is 4. The number of aryl methyl sites for hydroxylation is 1. The minimum atomic E-state index is -0.466. The molecular formula is C10H10N2O3. The summed E-state index contributed by atoms with van der Waals surface area (Å²) >= 11 is 0. The molecule has 0 spiro atoms. The molecule has 1 aromatic heterocycles. The minimum absolute atomic E-state index is 0.0678. The third kappa shape index (κ3) is 1.41. The maximum atomic E-state index is 11.4. The topological polar surface area (TPSA) is 75.2 Å². The summed E-state index contributed by atoms with van der Waals surface area (Å²) in [7, 11) is 1.31. The lowest BCUT2D eigenvalue weighted by atomic mass is 10.2. The van der Waals surface area contributed by atoms with Gasteiger partial charge in [-0.05, 0) is 19.1 Å².